The number of rotatable bonds is 6. The molecule has 0 saturated carbocycles. The van der Waals surface area contributed by atoms with Crippen molar-refractivity contribution in [2.75, 3.05) is 13.1 Å². The molecule has 0 radical (unpaired) electrons. The molecule has 0 atom stereocenters. The average Bonchev–Trinajstić information content (AvgIpc) is 2.47. The fourth-order valence-corrected chi connectivity index (χ4v) is 1.74. The highest BCUT2D eigenvalue weighted by molar-refractivity contribution is 6.01. The molecule has 0 heterocycles. The van der Waals surface area contributed by atoms with Gasteiger partial charge in [0.05, 0.1) is 0 Å². The topological polar surface area (TPSA) is 53.3 Å². The van der Waals surface area contributed by atoms with Crippen LogP contribution in [0.25, 0.3) is 6.08 Å². The minimum absolute atomic E-state index is 0.00114. The van der Waals surface area contributed by atoms with Gasteiger partial charge in [-0.25, -0.2) is 0 Å². The zero-order valence-electron chi connectivity index (χ0n) is 11.8. The summed E-state index contributed by atoms with van der Waals surface area (Å²) in [6, 6.07) is 7.59. The Morgan fingerprint density at radius 3 is 2.33 bits per heavy atom. The normalized spacial score (nSPS) is 11.1. The van der Waals surface area contributed by atoms with Gasteiger partial charge in [-0.05, 0) is 37.6 Å². The number of nitrogens with zero attached hydrogens (tertiary/aromatic N) is 2. The van der Waals surface area contributed by atoms with Crippen LogP contribution in [0.5, 0.6) is 5.75 Å². The van der Waals surface area contributed by atoms with Crippen molar-refractivity contribution in [3.05, 3.63) is 35.4 Å². The zero-order valence-corrected chi connectivity index (χ0v) is 11.8. The summed E-state index contributed by atoms with van der Waals surface area (Å²) in [6.07, 6.45) is 1.42. The Balaban J connectivity index is 2.93. The second kappa shape index (κ2) is 8.00. The Labute approximate surface area is 122 Å². The van der Waals surface area contributed by atoms with Crippen molar-refractivity contribution >= 4 is 12.0 Å². The molecular weight excluding hydrogens is 278 g/mol. The molecule has 0 aliphatic rings. The highest BCUT2D eigenvalue weighted by Crippen LogP contribution is 2.17. The lowest BCUT2D eigenvalue weighted by Crippen LogP contribution is -2.31. The van der Waals surface area contributed by atoms with E-state index in [0.717, 1.165) is 0 Å². The Morgan fingerprint density at radius 2 is 1.90 bits per heavy atom. The van der Waals surface area contributed by atoms with Crippen molar-refractivity contribution in [1.29, 1.82) is 5.26 Å². The van der Waals surface area contributed by atoms with Crippen molar-refractivity contribution < 1.29 is 18.3 Å². The Bertz CT molecular complexity index is 544. The number of hydrogen-bond acceptors (Lipinski definition) is 3. The maximum absolute atomic E-state index is 12.1. The number of nitriles is 1. The first-order valence-electron chi connectivity index (χ1n) is 6.47. The van der Waals surface area contributed by atoms with Crippen LogP contribution >= 0.6 is 0 Å². The Morgan fingerprint density at radius 1 is 1.33 bits per heavy atom. The van der Waals surface area contributed by atoms with E-state index >= 15 is 0 Å². The number of halogens is 2. The summed E-state index contributed by atoms with van der Waals surface area (Å²) in [5.74, 6) is -0.328. The quantitative estimate of drug-likeness (QED) is 0.598. The second-order valence-corrected chi connectivity index (χ2v) is 4.09. The number of carbonyl (C=O) groups is 1. The lowest BCUT2D eigenvalue weighted by Gasteiger charge is -2.17. The van der Waals surface area contributed by atoms with Gasteiger partial charge in [0, 0.05) is 13.1 Å². The number of ether oxygens (including phenoxy) is 1. The van der Waals surface area contributed by atoms with Gasteiger partial charge >= 0.3 is 6.61 Å². The molecule has 0 N–H and O–H groups in total. The van der Waals surface area contributed by atoms with Crippen molar-refractivity contribution in [2.45, 2.75) is 20.5 Å². The van der Waals surface area contributed by atoms with Crippen molar-refractivity contribution in [3.8, 4) is 11.8 Å². The predicted octanol–water partition coefficient (Wildman–Crippen LogP) is 3.06. The minimum Gasteiger partial charge on any atom is -0.435 e. The molecule has 0 aliphatic heterocycles. The van der Waals surface area contributed by atoms with Crippen LogP contribution < -0.4 is 4.74 Å². The fraction of sp³-hybridized carbons (Fsp3) is 0.333. The van der Waals surface area contributed by atoms with Crippen molar-refractivity contribution in [1.82, 2.24) is 4.90 Å². The number of hydrogen-bond donors (Lipinski definition) is 0. The van der Waals surface area contributed by atoms with E-state index in [-0.39, 0.29) is 17.2 Å². The molecule has 21 heavy (non-hydrogen) atoms. The first kappa shape index (κ1) is 16.6. The van der Waals surface area contributed by atoms with Gasteiger partial charge in [0.2, 0.25) is 0 Å². The van der Waals surface area contributed by atoms with Crippen LogP contribution in [0.15, 0.2) is 29.8 Å². The molecule has 112 valence electrons. The molecule has 4 nitrogen and oxygen atoms in total. The molecule has 0 spiro atoms. The maximum atomic E-state index is 12.1. The summed E-state index contributed by atoms with van der Waals surface area (Å²) < 4.78 is 28.3. The van der Waals surface area contributed by atoms with Crippen LogP contribution in [-0.2, 0) is 4.79 Å². The van der Waals surface area contributed by atoms with E-state index in [4.69, 9.17) is 5.26 Å². The molecule has 1 amide bonds. The molecule has 0 bridgehead atoms. The molecular formula is C15H16F2N2O2. The Hall–Kier alpha value is -2.42. The standard InChI is InChI=1S/C15H16F2N2O2/c1-3-19(4-2)14(20)12(10-18)9-11-5-7-13(8-6-11)21-15(16)17/h5-9,15H,3-4H2,1-2H3. The summed E-state index contributed by atoms with van der Waals surface area (Å²) in [6.45, 7) is 1.79. The maximum Gasteiger partial charge on any atom is 0.387 e. The fourth-order valence-electron chi connectivity index (χ4n) is 1.74. The largest absolute Gasteiger partial charge is 0.435 e. The number of benzene rings is 1. The Kier molecular flexibility index (Phi) is 6.34. The second-order valence-electron chi connectivity index (χ2n) is 4.09. The van der Waals surface area contributed by atoms with Gasteiger partial charge in [-0.2, -0.15) is 14.0 Å². The summed E-state index contributed by atoms with van der Waals surface area (Å²) >= 11 is 0. The minimum atomic E-state index is -2.88. The van der Waals surface area contributed by atoms with E-state index in [2.05, 4.69) is 4.74 Å². The van der Waals surface area contributed by atoms with Crippen LogP contribution in [0.1, 0.15) is 19.4 Å². The molecule has 0 fully saturated rings. The summed E-state index contributed by atoms with van der Waals surface area (Å²) in [4.78, 5) is 13.6. The molecule has 0 saturated heterocycles. The molecule has 0 aromatic heterocycles. The summed E-state index contributed by atoms with van der Waals surface area (Å²) in [5, 5.41) is 9.08. The number of amides is 1. The van der Waals surface area contributed by atoms with Gasteiger partial charge in [0.15, 0.2) is 0 Å². The third-order valence-electron chi connectivity index (χ3n) is 2.82. The number of alkyl halides is 2. The molecule has 6 heteroatoms. The SMILES string of the molecule is CCN(CC)C(=O)C(C#N)=Cc1ccc(OC(F)F)cc1. The molecule has 1 aromatic rings. The monoisotopic (exact) mass is 294 g/mol. The molecule has 1 aromatic carbocycles. The van der Waals surface area contributed by atoms with E-state index in [1.165, 1.54) is 35.2 Å². The summed E-state index contributed by atoms with van der Waals surface area (Å²) in [5.41, 5.74) is 0.565. The van der Waals surface area contributed by atoms with Gasteiger partial charge in [-0.1, -0.05) is 12.1 Å². The van der Waals surface area contributed by atoms with E-state index in [9.17, 15) is 13.6 Å². The van der Waals surface area contributed by atoms with Crippen LogP contribution in [0.2, 0.25) is 0 Å². The van der Waals surface area contributed by atoms with E-state index in [1.807, 2.05) is 19.9 Å². The lowest BCUT2D eigenvalue weighted by molar-refractivity contribution is -0.126. The predicted molar refractivity (Wildman–Crippen MR) is 74.6 cm³/mol. The first-order chi connectivity index (χ1) is 10.0. The van der Waals surface area contributed by atoms with Gasteiger partial charge in [-0.3, -0.25) is 4.79 Å². The van der Waals surface area contributed by atoms with Gasteiger partial charge < -0.3 is 9.64 Å². The van der Waals surface area contributed by atoms with E-state index < -0.39 is 6.61 Å². The lowest BCUT2D eigenvalue weighted by atomic mass is 10.1. The van der Waals surface area contributed by atoms with Crippen molar-refractivity contribution in [3.63, 3.8) is 0 Å². The highest BCUT2D eigenvalue weighted by atomic mass is 19.3. The highest BCUT2D eigenvalue weighted by Gasteiger charge is 2.15. The van der Waals surface area contributed by atoms with Crippen molar-refractivity contribution in [2.24, 2.45) is 0 Å². The van der Waals surface area contributed by atoms with E-state index in [0.29, 0.717) is 18.7 Å². The molecule has 0 unspecified atom stereocenters. The summed E-state index contributed by atoms with van der Waals surface area (Å²) in [7, 11) is 0. The average molecular weight is 294 g/mol. The molecule has 1 rings (SSSR count). The smallest absolute Gasteiger partial charge is 0.387 e. The third-order valence-corrected chi connectivity index (χ3v) is 2.82. The van der Waals surface area contributed by atoms with E-state index in [1.54, 1.807) is 0 Å². The van der Waals surface area contributed by atoms with Crippen LogP contribution in [0.4, 0.5) is 8.78 Å². The third kappa shape index (κ3) is 4.88. The van der Waals surface area contributed by atoms with Crippen LogP contribution in [-0.4, -0.2) is 30.5 Å². The molecule has 0 aliphatic carbocycles. The number of carbonyl (C=O) groups excluding carboxylic acids is 1. The van der Waals surface area contributed by atoms with Crippen LogP contribution in [0.3, 0.4) is 0 Å². The van der Waals surface area contributed by atoms with Crippen LogP contribution in [0, 0.1) is 11.3 Å². The number of likely N-dealkylation sites (N-methyl/N-ethyl adjacent to an activating group) is 1. The van der Waals surface area contributed by atoms with Gasteiger partial charge in [0.25, 0.3) is 5.91 Å². The first-order valence-corrected chi connectivity index (χ1v) is 6.47. The van der Waals surface area contributed by atoms with Gasteiger partial charge in [-0.15, -0.1) is 0 Å². The van der Waals surface area contributed by atoms with Gasteiger partial charge in [0.1, 0.15) is 17.4 Å². The zero-order chi connectivity index (χ0) is 15.8.